The van der Waals surface area contributed by atoms with Gasteiger partial charge in [-0.05, 0) is 49.9 Å². The molecule has 1 atom stereocenters. The molecule has 2 aliphatic rings. The Morgan fingerprint density at radius 1 is 1.12 bits per heavy atom. The lowest BCUT2D eigenvalue weighted by molar-refractivity contribution is -0.138. The molecule has 2 saturated heterocycles. The molecule has 0 radical (unpaired) electrons. The second-order valence-electron chi connectivity index (χ2n) is 6.64. The molecule has 7 nitrogen and oxygen atoms in total. The first-order chi connectivity index (χ1) is 12.6. The maximum atomic E-state index is 12.8. The first-order valence-electron chi connectivity index (χ1n) is 9.08. The standard InChI is InChI=1S/C19H25NO6/c21-18(22)12-20(15-7-10-24-11-8-15)19(23)14-3-5-16(6-4-14)26-13-17-2-1-9-25-17/h3-6,15,17H,1-2,7-13H2,(H,21,22)/t17-/m0/s1. The number of aliphatic carboxylic acids is 1. The lowest BCUT2D eigenvalue weighted by atomic mass is 10.1. The lowest BCUT2D eigenvalue weighted by Crippen LogP contribution is -2.46. The Kier molecular flexibility index (Phi) is 6.46. The molecule has 1 amide bonds. The third-order valence-electron chi connectivity index (χ3n) is 4.76. The number of hydrogen-bond acceptors (Lipinski definition) is 5. The zero-order valence-electron chi connectivity index (χ0n) is 14.8. The second-order valence-corrected chi connectivity index (χ2v) is 6.64. The minimum absolute atomic E-state index is 0.109. The van der Waals surface area contributed by atoms with Crippen LogP contribution < -0.4 is 4.74 Å². The number of carboxylic acid groups (broad SMARTS) is 1. The summed E-state index contributed by atoms with van der Waals surface area (Å²) in [4.78, 5) is 25.5. The predicted molar refractivity (Wildman–Crippen MR) is 93.4 cm³/mol. The van der Waals surface area contributed by atoms with Crippen molar-refractivity contribution in [3.63, 3.8) is 0 Å². The fourth-order valence-electron chi connectivity index (χ4n) is 3.33. The molecule has 2 aliphatic heterocycles. The molecule has 7 heteroatoms. The van der Waals surface area contributed by atoms with E-state index in [0.29, 0.717) is 44.0 Å². The van der Waals surface area contributed by atoms with Gasteiger partial charge in [-0.25, -0.2) is 0 Å². The first-order valence-corrected chi connectivity index (χ1v) is 9.08. The number of carbonyl (C=O) groups excluding carboxylic acids is 1. The van der Waals surface area contributed by atoms with Gasteiger partial charge >= 0.3 is 5.97 Å². The van der Waals surface area contributed by atoms with Crippen LogP contribution in [0.3, 0.4) is 0 Å². The topological polar surface area (TPSA) is 85.3 Å². The molecule has 2 fully saturated rings. The molecule has 1 N–H and O–H groups in total. The molecular weight excluding hydrogens is 338 g/mol. The van der Waals surface area contributed by atoms with E-state index in [-0.39, 0.29) is 24.6 Å². The highest BCUT2D eigenvalue weighted by atomic mass is 16.5. The predicted octanol–water partition coefficient (Wildman–Crippen LogP) is 1.95. The number of carbonyl (C=O) groups is 2. The summed E-state index contributed by atoms with van der Waals surface area (Å²) in [7, 11) is 0. The van der Waals surface area contributed by atoms with Crippen LogP contribution in [0, 0.1) is 0 Å². The van der Waals surface area contributed by atoms with Gasteiger partial charge in [-0.2, -0.15) is 0 Å². The normalized spacial score (nSPS) is 20.7. The highest BCUT2D eigenvalue weighted by molar-refractivity contribution is 5.96. The maximum absolute atomic E-state index is 12.8. The Bertz CT molecular complexity index is 605. The van der Waals surface area contributed by atoms with Crippen molar-refractivity contribution in [3.05, 3.63) is 29.8 Å². The van der Waals surface area contributed by atoms with Gasteiger partial charge in [0.2, 0.25) is 0 Å². The molecule has 142 valence electrons. The van der Waals surface area contributed by atoms with E-state index in [2.05, 4.69) is 0 Å². The molecular formula is C19H25NO6. The fraction of sp³-hybridized carbons (Fsp3) is 0.579. The van der Waals surface area contributed by atoms with E-state index >= 15 is 0 Å². The minimum atomic E-state index is -1.01. The molecule has 26 heavy (non-hydrogen) atoms. The van der Waals surface area contributed by atoms with Gasteiger partial charge in [0.25, 0.3) is 5.91 Å². The molecule has 0 aromatic heterocycles. The summed E-state index contributed by atoms with van der Waals surface area (Å²) in [6, 6.07) is 6.74. The molecule has 0 saturated carbocycles. The number of carboxylic acids is 1. The van der Waals surface area contributed by atoms with E-state index < -0.39 is 5.97 Å². The molecule has 3 rings (SSSR count). The van der Waals surface area contributed by atoms with Crippen molar-refractivity contribution in [2.24, 2.45) is 0 Å². The van der Waals surface area contributed by atoms with Gasteiger partial charge < -0.3 is 24.2 Å². The molecule has 1 aromatic carbocycles. The van der Waals surface area contributed by atoms with Crippen LogP contribution in [0.25, 0.3) is 0 Å². The Balaban J connectivity index is 1.62. The molecule has 0 spiro atoms. The monoisotopic (exact) mass is 363 g/mol. The smallest absolute Gasteiger partial charge is 0.323 e. The number of amides is 1. The quantitative estimate of drug-likeness (QED) is 0.797. The van der Waals surface area contributed by atoms with Crippen LogP contribution >= 0.6 is 0 Å². The van der Waals surface area contributed by atoms with Gasteiger partial charge in [-0.3, -0.25) is 9.59 Å². The molecule has 0 aliphatic carbocycles. The van der Waals surface area contributed by atoms with Crippen molar-refractivity contribution >= 4 is 11.9 Å². The average molecular weight is 363 g/mol. The van der Waals surface area contributed by atoms with Crippen molar-refractivity contribution in [1.82, 2.24) is 4.90 Å². The Morgan fingerprint density at radius 3 is 2.46 bits per heavy atom. The highest BCUT2D eigenvalue weighted by Gasteiger charge is 2.28. The Morgan fingerprint density at radius 2 is 1.85 bits per heavy atom. The van der Waals surface area contributed by atoms with Crippen LogP contribution in [0.15, 0.2) is 24.3 Å². The van der Waals surface area contributed by atoms with Crippen LogP contribution in [0.2, 0.25) is 0 Å². The minimum Gasteiger partial charge on any atom is -0.491 e. The molecule has 2 heterocycles. The van der Waals surface area contributed by atoms with Gasteiger partial charge in [0.1, 0.15) is 18.9 Å². The van der Waals surface area contributed by atoms with E-state index in [1.54, 1.807) is 24.3 Å². The number of hydrogen-bond donors (Lipinski definition) is 1. The van der Waals surface area contributed by atoms with Gasteiger partial charge in [0, 0.05) is 31.4 Å². The third kappa shape index (κ3) is 4.95. The fourth-order valence-corrected chi connectivity index (χ4v) is 3.33. The average Bonchev–Trinajstić information content (AvgIpc) is 3.18. The van der Waals surface area contributed by atoms with Gasteiger partial charge in [0.15, 0.2) is 0 Å². The van der Waals surface area contributed by atoms with E-state index in [1.165, 1.54) is 4.90 Å². The van der Waals surface area contributed by atoms with E-state index in [0.717, 1.165) is 19.4 Å². The summed E-state index contributed by atoms with van der Waals surface area (Å²) in [5, 5.41) is 9.17. The van der Waals surface area contributed by atoms with Crippen LogP contribution in [-0.4, -0.2) is 67.0 Å². The Hall–Kier alpha value is -2.12. The van der Waals surface area contributed by atoms with E-state index in [9.17, 15) is 14.7 Å². The summed E-state index contributed by atoms with van der Waals surface area (Å²) in [5.41, 5.74) is 0.460. The number of nitrogens with zero attached hydrogens (tertiary/aromatic N) is 1. The molecule has 0 unspecified atom stereocenters. The first kappa shape index (κ1) is 18.7. The van der Waals surface area contributed by atoms with Crippen molar-refractivity contribution < 1.29 is 28.9 Å². The summed E-state index contributed by atoms with van der Waals surface area (Å²) in [6.07, 6.45) is 3.51. The van der Waals surface area contributed by atoms with E-state index in [1.807, 2.05) is 0 Å². The summed E-state index contributed by atoms with van der Waals surface area (Å²) < 4.78 is 16.5. The zero-order valence-corrected chi connectivity index (χ0v) is 14.8. The molecule has 1 aromatic rings. The molecule has 0 bridgehead atoms. The number of rotatable bonds is 7. The van der Waals surface area contributed by atoms with Gasteiger partial charge in [-0.15, -0.1) is 0 Å². The van der Waals surface area contributed by atoms with Crippen LogP contribution in [-0.2, 0) is 14.3 Å². The SMILES string of the molecule is O=C(O)CN(C(=O)c1ccc(OC[C@@H]2CCCO2)cc1)C1CCOCC1. The summed E-state index contributed by atoms with van der Waals surface area (Å²) >= 11 is 0. The largest absolute Gasteiger partial charge is 0.491 e. The van der Waals surface area contributed by atoms with Crippen molar-refractivity contribution in [2.45, 2.75) is 37.8 Å². The van der Waals surface area contributed by atoms with E-state index in [4.69, 9.17) is 14.2 Å². The van der Waals surface area contributed by atoms with Crippen LogP contribution in [0.4, 0.5) is 0 Å². The zero-order chi connectivity index (χ0) is 18.4. The Labute approximate surface area is 152 Å². The van der Waals surface area contributed by atoms with Crippen molar-refractivity contribution in [3.8, 4) is 5.75 Å². The second kappa shape index (κ2) is 9.00. The number of ether oxygens (including phenoxy) is 3. The van der Waals surface area contributed by atoms with Crippen molar-refractivity contribution in [2.75, 3.05) is 33.0 Å². The lowest BCUT2D eigenvalue weighted by Gasteiger charge is -2.33. The highest BCUT2D eigenvalue weighted by Crippen LogP contribution is 2.20. The number of benzene rings is 1. The summed E-state index contributed by atoms with van der Waals surface area (Å²) in [5.74, 6) is -0.612. The van der Waals surface area contributed by atoms with Crippen LogP contribution in [0.5, 0.6) is 5.75 Å². The van der Waals surface area contributed by atoms with Crippen LogP contribution in [0.1, 0.15) is 36.0 Å². The summed E-state index contributed by atoms with van der Waals surface area (Å²) in [6.45, 7) is 2.07. The maximum Gasteiger partial charge on any atom is 0.323 e. The van der Waals surface area contributed by atoms with Gasteiger partial charge in [-0.1, -0.05) is 0 Å². The van der Waals surface area contributed by atoms with Crippen molar-refractivity contribution in [1.29, 1.82) is 0 Å². The third-order valence-corrected chi connectivity index (χ3v) is 4.76. The van der Waals surface area contributed by atoms with Gasteiger partial charge in [0.05, 0.1) is 6.10 Å².